The van der Waals surface area contributed by atoms with Gasteiger partial charge in [-0.3, -0.25) is 4.40 Å². The highest BCUT2D eigenvalue weighted by molar-refractivity contribution is 7.15. The van der Waals surface area contributed by atoms with Crippen LogP contribution >= 0.6 is 11.3 Å². The zero-order valence-corrected chi connectivity index (χ0v) is 13.2. The van der Waals surface area contributed by atoms with Crippen LogP contribution in [0, 0.1) is 5.92 Å². The van der Waals surface area contributed by atoms with Gasteiger partial charge in [0, 0.05) is 23.8 Å². The molecular formula is C16H25N3S. The number of fused-ring (bicyclic) bond motifs is 1. The Labute approximate surface area is 125 Å². The summed E-state index contributed by atoms with van der Waals surface area (Å²) in [7, 11) is 0. The predicted octanol–water partition coefficient (Wildman–Crippen LogP) is 3.89. The summed E-state index contributed by atoms with van der Waals surface area (Å²) >= 11 is 1.73. The van der Waals surface area contributed by atoms with Gasteiger partial charge < -0.3 is 5.32 Å². The molecule has 2 atom stereocenters. The number of rotatable bonds is 5. The lowest BCUT2D eigenvalue weighted by Crippen LogP contribution is -2.37. The van der Waals surface area contributed by atoms with Crippen LogP contribution in [0.5, 0.6) is 0 Å². The predicted molar refractivity (Wildman–Crippen MR) is 85.4 cm³/mol. The van der Waals surface area contributed by atoms with E-state index in [0.717, 1.165) is 23.8 Å². The lowest BCUT2D eigenvalue weighted by Gasteiger charge is -2.25. The van der Waals surface area contributed by atoms with E-state index in [1.165, 1.54) is 44.2 Å². The number of hydrogen-bond acceptors (Lipinski definition) is 3. The minimum atomic E-state index is 0.692. The molecule has 3 nitrogen and oxygen atoms in total. The Morgan fingerprint density at radius 3 is 3.10 bits per heavy atom. The van der Waals surface area contributed by atoms with E-state index in [9.17, 15) is 0 Å². The molecule has 4 heteroatoms. The first-order chi connectivity index (χ1) is 9.86. The van der Waals surface area contributed by atoms with Crippen LogP contribution in [0.4, 0.5) is 0 Å². The Balaban J connectivity index is 1.69. The molecule has 20 heavy (non-hydrogen) atoms. The maximum absolute atomic E-state index is 4.77. The van der Waals surface area contributed by atoms with Crippen molar-refractivity contribution in [3.63, 3.8) is 0 Å². The molecule has 110 valence electrons. The minimum absolute atomic E-state index is 0.692. The Morgan fingerprint density at radius 2 is 2.25 bits per heavy atom. The molecule has 0 bridgehead atoms. The molecule has 0 aliphatic heterocycles. The number of nitrogens with zero attached hydrogens (tertiary/aromatic N) is 2. The zero-order valence-electron chi connectivity index (χ0n) is 12.3. The molecule has 0 radical (unpaired) electrons. The molecule has 2 heterocycles. The molecule has 2 aromatic rings. The summed E-state index contributed by atoms with van der Waals surface area (Å²) in [5.74, 6) is 0.758. The average Bonchev–Trinajstić information content (AvgIpc) is 2.94. The van der Waals surface area contributed by atoms with Crippen LogP contribution in [-0.4, -0.2) is 22.0 Å². The average molecular weight is 291 g/mol. The fourth-order valence-corrected chi connectivity index (χ4v) is 4.09. The second-order valence-corrected chi connectivity index (χ2v) is 6.86. The van der Waals surface area contributed by atoms with Crippen molar-refractivity contribution in [3.8, 4) is 0 Å². The van der Waals surface area contributed by atoms with Crippen molar-refractivity contribution in [2.75, 3.05) is 6.54 Å². The van der Waals surface area contributed by atoms with Crippen LogP contribution in [0.3, 0.4) is 0 Å². The number of nitrogens with one attached hydrogen (secondary N) is 1. The highest BCUT2D eigenvalue weighted by Crippen LogP contribution is 2.27. The standard InChI is InChI=1S/C16H25N3S/c1-2-8-17-15-7-5-3-4-6-13(15)11-14-12-19-9-10-20-16(19)18-14/h9-10,12-13,15,17H,2-8,11H2,1H3. The van der Waals surface area contributed by atoms with Crippen molar-refractivity contribution in [2.45, 2.75) is 57.9 Å². The Morgan fingerprint density at radius 1 is 1.35 bits per heavy atom. The van der Waals surface area contributed by atoms with Gasteiger partial charge in [0.15, 0.2) is 4.96 Å². The molecule has 2 unspecified atom stereocenters. The number of aromatic nitrogens is 2. The SMILES string of the molecule is CCCNC1CCCCCC1Cc1cn2ccsc2n1. The van der Waals surface area contributed by atoms with E-state index in [0.29, 0.717) is 6.04 Å². The molecule has 2 aromatic heterocycles. The molecule has 1 saturated carbocycles. The van der Waals surface area contributed by atoms with Gasteiger partial charge in [-0.25, -0.2) is 4.98 Å². The van der Waals surface area contributed by atoms with Crippen molar-refractivity contribution < 1.29 is 0 Å². The maximum Gasteiger partial charge on any atom is 0.193 e. The first-order valence-corrected chi connectivity index (χ1v) is 8.89. The number of imidazole rings is 1. The molecule has 1 fully saturated rings. The van der Waals surface area contributed by atoms with Gasteiger partial charge >= 0.3 is 0 Å². The van der Waals surface area contributed by atoms with Crippen molar-refractivity contribution >= 4 is 16.3 Å². The van der Waals surface area contributed by atoms with Crippen LogP contribution in [-0.2, 0) is 6.42 Å². The van der Waals surface area contributed by atoms with E-state index in [1.807, 2.05) is 0 Å². The highest BCUT2D eigenvalue weighted by Gasteiger charge is 2.24. The van der Waals surface area contributed by atoms with Crippen LogP contribution in [0.25, 0.3) is 4.96 Å². The van der Waals surface area contributed by atoms with Crippen LogP contribution < -0.4 is 5.32 Å². The summed E-state index contributed by atoms with van der Waals surface area (Å²) in [6.07, 6.45) is 13.6. The van der Waals surface area contributed by atoms with Crippen molar-refractivity contribution in [1.82, 2.24) is 14.7 Å². The van der Waals surface area contributed by atoms with E-state index in [-0.39, 0.29) is 0 Å². The second kappa shape index (κ2) is 6.72. The summed E-state index contributed by atoms with van der Waals surface area (Å²) < 4.78 is 2.16. The minimum Gasteiger partial charge on any atom is -0.314 e. The summed E-state index contributed by atoms with van der Waals surface area (Å²) in [5, 5.41) is 5.88. The van der Waals surface area contributed by atoms with E-state index in [2.05, 4.69) is 34.4 Å². The first-order valence-electron chi connectivity index (χ1n) is 8.01. The fourth-order valence-electron chi connectivity index (χ4n) is 3.37. The third-order valence-corrected chi connectivity index (χ3v) is 5.20. The summed E-state index contributed by atoms with van der Waals surface area (Å²) in [6.45, 7) is 3.40. The Bertz CT molecular complexity index is 502. The lowest BCUT2D eigenvalue weighted by molar-refractivity contribution is 0.331. The van der Waals surface area contributed by atoms with Gasteiger partial charge in [-0.05, 0) is 38.1 Å². The summed E-state index contributed by atoms with van der Waals surface area (Å²) in [4.78, 5) is 5.90. The molecule has 0 saturated heterocycles. The zero-order chi connectivity index (χ0) is 13.8. The Kier molecular flexibility index (Phi) is 4.73. The molecule has 1 aliphatic rings. The molecule has 0 spiro atoms. The van der Waals surface area contributed by atoms with Crippen LogP contribution in [0.2, 0.25) is 0 Å². The lowest BCUT2D eigenvalue weighted by atomic mass is 9.90. The van der Waals surface area contributed by atoms with Gasteiger partial charge in [-0.2, -0.15) is 0 Å². The third kappa shape index (κ3) is 3.23. The quantitative estimate of drug-likeness (QED) is 0.847. The smallest absolute Gasteiger partial charge is 0.193 e. The van der Waals surface area contributed by atoms with Gasteiger partial charge in [0.1, 0.15) is 0 Å². The van der Waals surface area contributed by atoms with Gasteiger partial charge in [-0.1, -0.05) is 26.2 Å². The topological polar surface area (TPSA) is 29.3 Å². The molecular weight excluding hydrogens is 266 g/mol. The first kappa shape index (κ1) is 14.1. The van der Waals surface area contributed by atoms with E-state index in [1.54, 1.807) is 11.3 Å². The molecule has 3 rings (SSSR count). The van der Waals surface area contributed by atoms with Gasteiger partial charge in [0.2, 0.25) is 0 Å². The third-order valence-electron chi connectivity index (χ3n) is 4.43. The van der Waals surface area contributed by atoms with Gasteiger partial charge in [0.05, 0.1) is 5.69 Å². The highest BCUT2D eigenvalue weighted by atomic mass is 32.1. The van der Waals surface area contributed by atoms with Crippen molar-refractivity contribution in [2.24, 2.45) is 5.92 Å². The summed E-state index contributed by atoms with van der Waals surface area (Å²) in [6, 6.07) is 0.692. The number of hydrogen-bond donors (Lipinski definition) is 1. The normalized spacial score (nSPS) is 24.1. The number of thiazole rings is 1. The molecule has 1 aliphatic carbocycles. The summed E-state index contributed by atoms with van der Waals surface area (Å²) in [5.41, 5.74) is 1.27. The molecule has 0 amide bonds. The van der Waals surface area contributed by atoms with E-state index >= 15 is 0 Å². The maximum atomic E-state index is 4.77. The molecule has 0 aromatic carbocycles. The van der Waals surface area contributed by atoms with Gasteiger partial charge in [-0.15, -0.1) is 11.3 Å². The second-order valence-electron chi connectivity index (χ2n) is 5.99. The van der Waals surface area contributed by atoms with Crippen molar-refractivity contribution in [3.05, 3.63) is 23.5 Å². The van der Waals surface area contributed by atoms with E-state index in [4.69, 9.17) is 4.98 Å². The van der Waals surface area contributed by atoms with Crippen LogP contribution in [0.1, 0.15) is 51.1 Å². The van der Waals surface area contributed by atoms with E-state index < -0.39 is 0 Å². The Hall–Kier alpha value is -0.870. The fraction of sp³-hybridized carbons (Fsp3) is 0.688. The monoisotopic (exact) mass is 291 g/mol. The largest absolute Gasteiger partial charge is 0.314 e. The van der Waals surface area contributed by atoms with Crippen molar-refractivity contribution in [1.29, 1.82) is 0 Å². The van der Waals surface area contributed by atoms with Gasteiger partial charge in [0.25, 0.3) is 0 Å². The van der Waals surface area contributed by atoms with Crippen LogP contribution in [0.15, 0.2) is 17.8 Å². The molecule has 1 N–H and O–H groups in total.